The van der Waals surface area contributed by atoms with Crippen molar-refractivity contribution in [2.45, 2.75) is 25.5 Å². The standard InChI is InChI=1S/C28H27Cl2N3O4/c1-3-15-36-23-12-9-21(10-13-23)18-31-33-28(35)25(16-20-7-5-4-6-8-20)32-27(34)19(2)37-26-14-11-22(29)17-24(26)30/h3-14,17-19,25H,1,15-16H2,2H3,(H,32,34)(H,33,35)/b31-18-/t19-,25-/m1/s1. The lowest BCUT2D eigenvalue weighted by Crippen LogP contribution is -2.50. The zero-order chi connectivity index (χ0) is 26.6. The SMILES string of the molecule is C=CCOc1ccc(/C=N\NC(=O)[C@@H](Cc2ccccc2)NC(=O)[C@@H](C)Oc2ccc(Cl)cc2Cl)cc1. The molecule has 3 aromatic carbocycles. The molecule has 2 N–H and O–H groups in total. The lowest BCUT2D eigenvalue weighted by molar-refractivity contribution is -0.132. The number of rotatable bonds is 12. The maximum Gasteiger partial charge on any atom is 0.262 e. The lowest BCUT2D eigenvalue weighted by atomic mass is 10.1. The molecule has 0 aromatic heterocycles. The summed E-state index contributed by atoms with van der Waals surface area (Å²) in [6.45, 7) is 5.59. The minimum atomic E-state index is -0.921. The van der Waals surface area contributed by atoms with Gasteiger partial charge in [-0.05, 0) is 60.5 Å². The third kappa shape index (κ3) is 8.97. The first-order valence-corrected chi connectivity index (χ1v) is 12.2. The van der Waals surface area contributed by atoms with Gasteiger partial charge in [0.1, 0.15) is 24.1 Å². The molecule has 3 aromatic rings. The second kappa shape index (κ2) is 14.1. The highest BCUT2D eigenvalue weighted by atomic mass is 35.5. The summed E-state index contributed by atoms with van der Waals surface area (Å²) in [5, 5.41) is 7.52. The Balaban J connectivity index is 1.65. The van der Waals surface area contributed by atoms with Gasteiger partial charge in [0.25, 0.3) is 11.8 Å². The van der Waals surface area contributed by atoms with E-state index in [2.05, 4.69) is 22.4 Å². The molecule has 0 saturated heterocycles. The van der Waals surface area contributed by atoms with Crippen molar-refractivity contribution in [3.05, 3.63) is 107 Å². The van der Waals surface area contributed by atoms with Crippen molar-refractivity contribution in [2.75, 3.05) is 6.61 Å². The predicted octanol–water partition coefficient (Wildman–Crippen LogP) is 5.20. The van der Waals surface area contributed by atoms with E-state index in [1.165, 1.54) is 12.3 Å². The Bertz CT molecular complexity index is 1230. The van der Waals surface area contributed by atoms with Crippen LogP contribution in [0.5, 0.6) is 11.5 Å². The topological polar surface area (TPSA) is 89.0 Å². The number of amides is 2. The molecule has 2 atom stereocenters. The fourth-order valence-electron chi connectivity index (χ4n) is 3.22. The third-order valence-corrected chi connectivity index (χ3v) is 5.65. The molecule has 192 valence electrons. The van der Waals surface area contributed by atoms with Gasteiger partial charge in [-0.1, -0.05) is 66.2 Å². The Kier molecular flexibility index (Phi) is 10.6. The van der Waals surface area contributed by atoms with E-state index < -0.39 is 24.0 Å². The van der Waals surface area contributed by atoms with Crippen LogP contribution in [0.2, 0.25) is 10.0 Å². The zero-order valence-corrected chi connectivity index (χ0v) is 21.7. The van der Waals surface area contributed by atoms with Crippen LogP contribution >= 0.6 is 23.2 Å². The van der Waals surface area contributed by atoms with Crippen LogP contribution in [-0.4, -0.2) is 36.8 Å². The van der Waals surface area contributed by atoms with Crippen molar-refractivity contribution in [3.63, 3.8) is 0 Å². The molecule has 0 unspecified atom stereocenters. The molecule has 0 heterocycles. The first-order chi connectivity index (χ1) is 17.9. The van der Waals surface area contributed by atoms with Crippen molar-refractivity contribution in [1.29, 1.82) is 0 Å². The van der Waals surface area contributed by atoms with Crippen LogP contribution in [0.4, 0.5) is 0 Å². The van der Waals surface area contributed by atoms with E-state index in [-0.39, 0.29) is 11.4 Å². The molecule has 2 amide bonds. The number of hydrogen-bond acceptors (Lipinski definition) is 5. The number of hydrazone groups is 1. The number of carbonyl (C=O) groups is 2. The fraction of sp³-hybridized carbons (Fsp3) is 0.179. The molecule has 0 radical (unpaired) electrons. The number of benzene rings is 3. The molecule has 0 aliphatic carbocycles. The van der Waals surface area contributed by atoms with Crippen LogP contribution in [0, 0.1) is 0 Å². The van der Waals surface area contributed by atoms with Gasteiger partial charge in [0.15, 0.2) is 6.10 Å². The van der Waals surface area contributed by atoms with E-state index >= 15 is 0 Å². The van der Waals surface area contributed by atoms with E-state index in [1.54, 1.807) is 49.4 Å². The number of hydrogen-bond donors (Lipinski definition) is 2. The van der Waals surface area contributed by atoms with Crippen LogP contribution in [-0.2, 0) is 16.0 Å². The maximum absolute atomic E-state index is 13.0. The maximum atomic E-state index is 13.0. The highest BCUT2D eigenvalue weighted by Gasteiger charge is 2.25. The van der Waals surface area contributed by atoms with Crippen LogP contribution in [0.1, 0.15) is 18.1 Å². The summed E-state index contributed by atoms with van der Waals surface area (Å²) in [6.07, 6.45) is 2.51. The van der Waals surface area contributed by atoms with E-state index in [0.717, 1.165) is 11.1 Å². The summed E-state index contributed by atoms with van der Waals surface area (Å²) in [7, 11) is 0. The fourth-order valence-corrected chi connectivity index (χ4v) is 3.67. The Hall–Kier alpha value is -3.81. The highest BCUT2D eigenvalue weighted by molar-refractivity contribution is 6.35. The molecule has 0 aliphatic heterocycles. The summed E-state index contributed by atoms with van der Waals surface area (Å²) < 4.78 is 11.1. The second-order valence-corrected chi connectivity index (χ2v) is 8.83. The molecule has 37 heavy (non-hydrogen) atoms. The van der Waals surface area contributed by atoms with E-state index in [0.29, 0.717) is 23.1 Å². The van der Waals surface area contributed by atoms with Crippen molar-refractivity contribution < 1.29 is 19.1 Å². The van der Waals surface area contributed by atoms with Crippen molar-refractivity contribution in [1.82, 2.24) is 10.7 Å². The van der Waals surface area contributed by atoms with Crippen molar-refractivity contribution in [3.8, 4) is 11.5 Å². The minimum absolute atomic E-state index is 0.262. The van der Waals surface area contributed by atoms with Crippen LogP contribution < -0.4 is 20.2 Å². The largest absolute Gasteiger partial charge is 0.490 e. The normalized spacial score (nSPS) is 12.4. The molecule has 0 spiro atoms. The van der Waals surface area contributed by atoms with E-state index in [4.69, 9.17) is 32.7 Å². The van der Waals surface area contributed by atoms with Gasteiger partial charge >= 0.3 is 0 Å². The van der Waals surface area contributed by atoms with Gasteiger partial charge < -0.3 is 14.8 Å². The molecule has 3 rings (SSSR count). The Morgan fingerprint density at radius 3 is 2.43 bits per heavy atom. The molecular formula is C28H27Cl2N3O4. The summed E-state index contributed by atoms with van der Waals surface area (Å²) in [4.78, 5) is 25.9. The smallest absolute Gasteiger partial charge is 0.262 e. The highest BCUT2D eigenvalue weighted by Crippen LogP contribution is 2.28. The van der Waals surface area contributed by atoms with Crippen molar-refractivity contribution >= 4 is 41.2 Å². The van der Waals surface area contributed by atoms with Crippen LogP contribution in [0.25, 0.3) is 0 Å². The first kappa shape index (κ1) is 27.8. The van der Waals surface area contributed by atoms with Crippen molar-refractivity contribution in [2.24, 2.45) is 5.10 Å². The van der Waals surface area contributed by atoms with Gasteiger partial charge in [-0.2, -0.15) is 5.10 Å². The molecule has 0 saturated carbocycles. The number of nitrogens with one attached hydrogen (secondary N) is 2. The summed E-state index contributed by atoms with van der Waals surface area (Å²) in [6, 6.07) is 20.4. The average Bonchev–Trinajstić information content (AvgIpc) is 2.89. The van der Waals surface area contributed by atoms with Gasteiger partial charge in [0.2, 0.25) is 0 Å². The second-order valence-electron chi connectivity index (χ2n) is 7.99. The summed E-state index contributed by atoms with van der Waals surface area (Å²) >= 11 is 12.1. The Morgan fingerprint density at radius 2 is 1.76 bits per heavy atom. The average molecular weight is 540 g/mol. The number of nitrogens with zero attached hydrogens (tertiary/aromatic N) is 1. The molecule has 0 fully saturated rings. The number of carbonyl (C=O) groups excluding carboxylic acids is 2. The lowest BCUT2D eigenvalue weighted by Gasteiger charge is -2.21. The molecule has 7 nitrogen and oxygen atoms in total. The zero-order valence-electron chi connectivity index (χ0n) is 20.2. The quantitative estimate of drug-likeness (QED) is 0.188. The monoisotopic (exact) mass is 539 g/mol. The molecule has 9 heteroatoms. The van der Waals surface area contributed by atoms with Gasteiger partial charge in [0.05, 0.1) is 11.2 Å². The van der Waals surface area contributed by atoms with Crippen LogP contribution in [0.15, 0.2) is 90.6 Å². The number of ether oxygens (including phenoxy) is 2. The Morgan fingerprint density at radius 1 is 1.03 bits per heavy atom. The molecule has 0 bridgehead atoms. The first-order valence-electron chi connectivity index (χ1n) is 11.5. The van der Waals surface area contributed by atoms with Gasteiger partial charge in [-0.15, -0.1) is 0 Å². The van der Waals surface area contributed by atoms with Gasteiger partial charge in [-0.25, -0.2) is 5.43 Å². The number of halogens is 2. The van der Waals surface area contributed by atoms with Crippen LogP contribution in [0.3, 0.4) is 0 Å². The summed E-state index contributed by atoms with van der Waals surface area (Å²) in [5.74, 6) is 0.0449. The van der Waals surface area contributed by atoms with E-state index in [9.17, 15) is 9.59 Å². The Labute approximate surface area is 226 Å². The van der Waals surface area contributed by atoms with E-state index in [1.807, 2.05) is 30.3 Å². The molecule has 0 aliphatic rings. The minimum Gasteiger partial charge on any atom is -0.490 e. The summed E-state index contributed by atoms with van der Waals surface area (Å²) in [5.41, 5.74) is 4.14. The molecular weight excluding hydrogens is 513 g/mol. The van der Waals surface area contributed by atoms with Gasteiger partial charge in [-0.3, -0.25) is 9.59 Å². The predicted molar refractivity (Wildman–Crippen MR) is 146 cm³/mol. The third-order valence-electron chi connectivity index (χ3n) is 5.12. The van der Waals surface area contributed by atoms with Gasteiger partial charge in [0, 0.05) is 11.4 Å².